The minimum Gasteiger partial charge on any atom is -0.497 e. The first-order valence-corrected chi connectivity index (χ1v) is 8.78. The number of rotatable bonds is 5. The fraction of sp³-hybridized carbons (Fsp3) is 0.412. The molecule has 2 aromatic rings. The molecular formula is C17H21N3O3S. The number of piperidine rings is 1. The Morgan fingerprint density at radius 3 is 2.79 bits per heavy atom. The first-order chi connectivity index (χ1) is 11.7. The van der Waals surface area contributed by atoms with Gasteiger partial charge in [0.15, 0.2) is 5.13 Å². The Kier molecular flexibility index (Phi) is 5.32. The second-order valence-electron chi connectivity index (χ2n) is 5.62. The highest BCUT2D eigenvalue weighted by atomic mass is 32.1. The Morgan fingerprint density at radius 1 is 1.29 bits per heavy atom. The molecule has 1 aliphatic heterocycles. The van der Waals surface area contributed by atoms with Crippen molar-refractivity contribution in [1.29, 1.82) is 0 Å². The number of hydrogen-bond donors (Lipinski definition) is 2. The van der Waals surface area contributed by atoms with Gasteiger partial charge in [-0.15, -0.1) is 11.3 Å². The van der Waals surface area contributed by atoms with E-state index in [1.807, 2.05) is 23.6 Å². The van der Waals surface area contributed by atoms with Crippen molar-refractivity contribution in [3.63, 3.8) is 0 Å². The maximum absolute atomic E-state index is 12.3. The third kappa shape index (κ3) is 3.68. The number of anilines is 1. The van der Waals surface area contributed by atoms with E-state index in [-0.39, 0.29) is 11.8 Å². The number of ether oxygens (including phenoxy) is 2. The zero-order valence-corrected chi connectivity index (χ0v) is 14.6. The summed E-state index contributed by atoms with van der Waals surface area (Å²) in [5, 5.41) is 8.72. The molecule has 128 valence electrons. The van der Waals surface area contributed by atoms with Crippen molar-refractivity contribution in [1.82, 2.24) is 10.3 Å². The lowest BCUT2D eigenvalue weighted by Gasteiger charge is -2.21. The molecule has 2 N–H and O–H groups in total. The van der Waals surface area contributed by atoms with E-state index in [0.29, 0.717) is 5.13 Å². The van der Waals surface area contributed by atoms with Crippen LogP contribution in [0.2, 0.25) is 0 Å². The number of hydrogen-bond acceptors (Lipinski definition) is 6. The monoisotopic (exact) mass is 347 g/mol. The largest absolute Gasteiger partial charge is 0.497 e. The Bertz CT molecular complexity index is 711. The maximum Gasteiger partial charge on any atom is 0.229 e. The van der Waals surface area contributed by atoms with Gasteiger partial charge >= 0.3 is 0 Å². The molecule has 1 aromatic heterocycles. The zero-order chi connectivity index (χ0) is 16.9. The molecule has 0 unspecified atom stereocenters. The zero-order valence-electron chi connectivity index (χ0n) is 13.8. The van der Waals surface area contributed by atoms with Crippen LogP contribution in [0.4, 0.5) is 5.13 Å². The van der Waals surface area contributed by atoms with Crippen molar-refractivity contribution in [2.75, 3.05) is 32.6 Å². The molecule has 2 heterocycles. The van der Waals surface area contributed by atoms with E-state index in [2.05, 4.69) is 15.6 Å². The Hall–Kier alpha value is -2.12. The van der Waals surface area contributed by atoms with Crippen LogP contribution in [0.1, 0.15) is 12.8 Å². The van der Waals surface area contributed by atoms with Gasteiger partial charge in [-0.05, 0) is 44.1 Å². The lowest BCUT2D eigenvalue weighted by atomic mass is 9.97. The molecule has 6 nitrogen and oxygen atoms in total. The molecule has 1 saturated heterocycles. The van der Waals surface area contributed by atoms with E-state index in [0.717, 1.165) is 48.7 Å². The third-order valence-corrected chi connectivity index (χ3v) is 4.88. The van der Waals surface area contributed by atoms with Gasteiger partial charge in [-0.1, -0.05) is 0 Å². The van der Waals surface area contributed by atoms with Gasteiger partial charge in [-0.3, -0.25) is 4.79 Å². The summed E-state index contributed by atoms with van der Waals surface area (Å²) in [6.07, 6.45) is 1.74. The van der Waals surface area contributed by atoms with Crippen LogP contribution in [0.3, 0.4) is 0 Å². The fourth-order valence-corrected chi connectivity index (χ4v) is 3.47. The number of nitrogens with one attached hydrogen (secondary N) is 2. The van der Waals surface area contributed by atoms with Gasteiger partial charge in [0.05, 0.1) is 19.9 Å². The van der Waals surface area contributed by atoms with Crippen LogP contribution < -0.4 is 20.1 Å². The first-order valence-electron chi connectivity index (χ1n) is 7.90. The molecule has 7 heteroatoms. The van der Waals surface area contributed by atoms with Gasteiger partial charge < -0.3 is 20.1 Å². The van der Waals surface area contributed by atoms with Gasteiger partial charge in [-0.2, -0.15) is 0 Å². The average Bonchev–Trinajstić information content (AvgIpc) is 3.10. The minimum absolute atomic E-state index is 0.0509. The van der Waals surface area contributed by atoms with Crippen molar-refractivity contribution in [3.8, 4) is 22.8 Å². The summed E-state index contributed by atoms with van der Waals surface area (Å²) in [5.41, 5.74) is 1.60. The Balaban J connectivity index is 1.76. The quantitative estimate of drug-likeness (QED) is 0.870. The number of amides is 1. The molecule has 1 amide bonds. The minimum atomic E-state index is 0.0509. The normalized spacial score (nSPS) is 15.1. The van der Waals surface area contributed by atoms with E-state index in [1.165, 1.54) is 11.3 Å². The van der Waals surface area contributed by atoms with Gasteiger partial charge in [0.2, 0.25) is 5.91 Å². The molecule has 3 rings (SSSR count). The van der Waals surface area contributed by atoms with E-state index in [1.54, 1.807) is 14.2 Å². The molecule has 0 radical (unpaired) electrons. The number of nitrogens with zero attached hydrogens (tertiary/aromatic N) is 1. The summed E-state index contributed by atoms with van der Waals surface area (Å²) >= 11 is 1.41. The smallest absolute Gasteiger partial charge is 0.229 e. The molecule has 0 bridgehead atoms. The molecule has 1 fully saturated rings. The van der Waals surface area contributed by atoms with Crippen molar-refractivity contribution < 1.29 is 14.3 Å². The van der Waals surface area contributed by atoms with Gasteiger partial charge in [0.25, 0.3) is 0 Å². The van der Waals surface area contributed by atoms with Crippen LogP contribution in [-0.2, 0) is 4.79 Å². The second-order valence-corrected chi connectivity index (χ2v) is 6.48. The second kappa shape index (κ2) is 7.63. The van der Waals surface area contributed by atoms with E-state index < -0.39 is 0 Å². The predicted octanol–water partition coefficient (Wildman–Crippen LogP) is 2.77. The maximum atomic E-state index is 12.3. The summed E-state index contributed by atoms with van der Waals surface area (Å²) in [7, 11) is 3.24. The van der Waals surface area contributed by atoms with Crippen LogP contribution in [0.5, 0.6) is 11.5 Å². The van der Waals surface area contributed by atoms with Crippen molar-refractivity contribution >= 4 is 22.4 Å². The highest BCUT2D eigenvalue weighted by molar-refractivity contribution is 7.14. The van der Waals surface area contributed by atoms with Crippen molar-refractivity contribution in [2.45, 2.75) is 12.8 Å². The number of benzene rings is 1. The van der Waals surface area contributed by atoms with Gasteiger partial charge in [-0.25, -0.2) is 4.98 Å². The molecule has 1 aromatic carbocycles. The van der Waals surface area contributed by atoms with E-state index >= 15 is 0 Å². The summed E-state index contributed by atoms with van der Waals surface area (Å²) in [6.45, 7) is 1.78. The van der Waals surface area contributed by atoms with Crippen molar-refractivity contribution in [2.24, 2.45) is 5.92 Å². The van der Waals surface area contributed by atoms with Crippen molar-refractivity contribution in [3.05, 3.63) is 23.6 Å². The highest BCUT2D eigenvalue weighted by Gasteiger charge is 2.22. The summed E-state index contributed by atoms with van der Waals surface area (Å²) in [5.74, 6) is 1.57. The fourth-order valence-electron chi connectivity index (χ4n) is 2.76. The average molecular weight is 347 g/mol. The molecule has 0 spiro atoms. The van der Waals surface area contributed by atoms with Crippen LogP contribution in [0, 0.1) is 5.92 Å². The number of carbonyl (C=O) groups is 1. The molecule has 24 heavy (non-hydrogen) atoms. The van der Waals surface area contributed by atoms with Gasteiger partial charge in [0, 0.05) is 16.9 Å². The van der Waals surface area contributed by atoms with E-state index in [9.17, 15) is 4.79 Å². The summed E-state index contributed by atoms with van der Waals surface area (Å²) < 4.78 is 10.7. The lowest BCUT2D eigenvalue weighted by Crippen LogP contribution is -2.34. The molecule has 0 atom stereocenters. The number of thiazole rings is 1. The third-order valence-electron chi connectivity index (χ3n) is 4.13. The Morgan fingerprint density at radius 2 is 2.08 bits per heavy atom. The molecular weight excluding hydrogens is 326 g/mol. The SMILES string of the molecule is COc1ccc(OC)c(-c2csc(NC(=O)C3CCNCC3)n2)c1. The number of methoxy groups -OCH3 is 2. The van der Waals surface area contributed by atoms with Crippen LogP contribution in [0.15, 0.2) is 23.6 Å². The molecule has 0 aliphatic carbocycles. The summed E-state index contributed by atoms with van der Waals surface area (Å²) in [4.78, 5) is 16.9. The lowest BCUT2D eigenvalue weighted by molar-refractivity contribution is -0.120. The van der Waals surface area contributed by atoms with Gasteiger partial charge in [0.1, 0.15) is 11.5 Å². The first kappa shape index (κ1) is 16.7. The highest BCUT2D eigenvalue weighted by Crippen LogP contribution is 2.35. The van der Waals surface area contributed by atoms with Crippen LogP contribution in [-0.4, -0.2) is 38.2 Å². The van der Waals surface area contributed by atoms with Crippen LogP contribution >= 0.6 is 11.3 Å². The predicted molar refractivity (Wildman–Crippen MR) is 94.9 cm³/mol. The topological polar surface area (TPSA) is 72.5 Å². The molecule has 1 aliphatic rings. The van der Waals surface area contributed by atoms with Crippen LogP contribution in [0.25, 0.3) is 11.3 Å². The molecule has 0 saturated carbocycles. The van der Waals surface area contributed by atoms with E-state index in [4.69, 9.17) is 9.47 Å². The number of carbonyl (C=O) groups excluding carboxylic acids is 1. The standard InChI is InChI=1S/C17H21N3O3S/c1-22-12-3-4-15(23-2)13(9-12)14-10-24-17(19-14)20-16(21)11-5-7-18-8-6-11/h3-4,9-11,18H,5-8H2,1-2H3,(H,19,20,21). The Labute approximate surface area is 145 Å². The summed E-state index contributed by atoms with van der Waals surface area (Å²) in [6, 6.07) is 5.57. The number of aromatic nitrogens is 1.